The third-order valence-corrected chi connectivity index (χ3v) is 3.56. The van der Waals surface area contributed by atoms with Gasteiger partial charge in [-0.15, -0.1) is 0 Å². The molecule has 2 atom stereocenters. The molecular weight excluding hydrogens is 250 g/mol. The van der Waals surface area contributed by atoms with Gasteiger partial charge in [-0.05, 0) is 30.5 Å². The number of aliphatic hydroxyl groups is 1. The minimum atomic E-state index is -0.499. The number of aromatic nitrogens is 1. The normalized spacial score (nSPS) is 14.7. The second-order valence-electron chi connectivity index (χ2n) is 5.42. The van der Waals surface area contributed by atoms with E-state index in [2.05, 4.69) is 24.9 Å². The summed E-state index contributed by atoms with van der Waals surface area (Å²) in [6, 6.07) is 10.0. The first-order valence-electron chi connectivity index (χ1n) is 7.25. The van der Waals surface area contributed by atoms with Crippen molar-refractivity contribution in [1.29, 1.82) is 0 Å². The van der Waals surface area contributed by atoms with E-state index >= 15 is 0 Å². The molecule has 0 aliphatic heterocycles. The molecule has 1 aromatic heterocycles. The lowest BCUT2D eigenvalue weighted by atomic mass is 9.95. The summed E-state index contributed by atoms with van der Waals surface area (Å²) in [5, 5.41) is 11.6. The summed E-state index contributed by atoms with van der Waals surface area (Å²) in [6.07, 6.45) is 1.76. The lowest BCUT2D eigenvalue weighted by Gasteiger charge is -2.26. The van der Waals surface area contributed by atoms with Gasteiger partial charge in [0.1, 0.15) is 0 Å². The zero-order valence-corrected chi connectivity index (χ0v) is 12.4. The smallest absolute Gasteiger partial charge is 0.0859 e. The molecule has 20 heavy (non-hydrogen) atoms. The Labute approximate surface area is 120 Å². The predicted molar refractivity (Wildman–Crippen MR) is 81.7 cm³/mol. The first kappa shape index (κ1) is 14.9. The Kier molecular flexibility index (Phi) is 5.10. The molecule has 0 fully saturated rings. The summed E-state index contributed by atoms with van der Waals surface area (Å²) >= 11 is 0. The fourth-order valence-corrected chi connectivity index (χ4v) is 2.61. The van der Waals surface area contributed by atoms with Gasteiger partial charge in [0.15, 0.2) is 0 Å². The fourth-order valence-electron chi connectivity index (χ4n) is 2.61. The fraction of sp³-hybridized carbons (Fsp3) is 0.471. The van der Waals surface area contributed by atoms with Gasteiger partial charge in [0, 0.05) is 24.6 Å². The van der Waals surface area contributed by atoms with E-state index in [1.807, 2.05) is 31.2 Å². The van der Waals surface area contributed by atoms with Crippen molar-refractivity contribution in [3.8, 4) is 0 Å². The van der Waals surface area contributed by atoms with E-state index in [0.29, 0.717) is 13.0 Å². The van der Waals surface area contributed by atoms with Gasteiger partial charge in [0.25, 0.3) is 0 Å². The SMILES string of the molecule is CCOC(C(C)C)C(O)Cc1ccnc2ccccc12. The molecule has 0 bridgehead atoms. The van der Waals surface area contributed by atoms with Gasteiger partial charge in [0.05, 0.1) is 17.7 Å². The van der Waals surface area contributed by atoms with Crippen molar-refractivity contribution in [3.63, 3.8) is 0 Å². The molecule has 3 nitrogen and oxygen atoms in total. The molecule has 1 heterocycles. The van der Waals surface area contributed by atoms with Crippen LogP contribution in [0, 0.1) is 5.92 Å². The highest BCUT2D eigenvalue weighted by atomic mass is 16.5. The monoisotopic (exact) mass is 273 g/mol. The van der Waals surface area contributed by atoms with Crippen molar-refractivity contribution in [1.82, 2.24) is 4.98 Å². The van der Waals surface area contributed by atoms with Gasteiger partial charge in [-0.1, -0.05) is 32.0 Å². The van der Waals surface area contributed by atoms with Crippen LogP contribution >= 0.6 is 0 Å². The van der Waals surface area contributed by atoms with Crippen LogP contribution in [-0.4, -0.2) is 28.9 Å². The average Bonchev–Trinajstić information content (AvgIpc) is 2.44. The van der Waals surface area contributed by atoms with Crippen LogP contribution in [0.15, 0.2) is 36.5 Å². The van der Waals surface area contributed by atoms with E-state index in [9.17, 15) is 5.11 Å². The summed E-state index contributed by atoms with van der Waals surface area (Å²) < 4.78 is 5.68. The number of fused-ring (bicyclic) bond motifs is 1. The molecule has 2 rings (SSSR count). The molecule has 0 amide bonds. The van der Waals surface area contributed by atoms with Gasteiger partial charge >= 0.3 is 0 Å². The Morgan fingerprint density at radius 1 is 1.20 bits per heavy atom. The molecule has 3 heteroatoms. The van der Waals surface area contributed by atoms with E-state index < -0.39 is 6.10 Å². The van der Waals surface area contributed by atoms with Gasteiger partial charge in [-0.3, -0.25) is 4.98 Å². The number of hydrogen-bond donors (Lipinski definition) is 1. The molecule has 1 N–H and O–H groups in total. The number of aliphatic hydroxyl groups excluding tert-OH is 1. The Bertz CT molecular complexity index is 548. The van der Waals surface area contributed by atoms with Crippen molar-refractivity contribution in [2.75, 3.05) is 6.61 Å². The molecule has 0 saturated heterocycles. The first-order valence-corrected chi connectivity index (χ1v) is 7.25. The molecule has 0 spiro atoms. The zero-order chi connectivity index (χ0) is 14.5. The maximum absolute atomic E-state index is 10.5. The van der Waals surface area contributed by atoms with Crippen molar-refractivity contribution in [2.24, 2.45) is 5.92 Å². The topological polar surface area (TPSA) is 42.4 Å². The number of benzene rings is 1. The van der Waals surface area contributed by atoms with Crippen LogP contribution in [0.2, 0.25) is 0 Å². The highest BCUT2D eigenvalue weighted by Crippen LogP contribution is 2.21. The number of nitrogens with zero attached hydrogens (tertiary/aromatic N) is 1. The number of rotatable bonds is 6. The summed E-state index contributed by atoms with van der Waals surface area (Å²) in [7, 11) is 0. The molecule has 0 saturated carbocycles. The van der Waals surface area contributed by atoms with Gasteiger partial charge in [0.2, 0.25) is 0 Å². The predicted octanol–water partition coefficient (Wildman–Crippen LogP) is 3.20. The maximum Gasteiger partial charge on any atom is 0.0859 e. The summed E-state index contributed by atoms with van der Waals surface area (Å²) in [4.78, 5) is 4.35. The second-order valence-corrected chi connectivity index (χ2v) is 5.42. The van der Waals surface area contributed by atoms with Gasteiger partial charge < -0.3 is 9.84 Å². The minimum absolute atomic E-state index is 0.132. The van der Waals surface area contributed by atoms with Crippen LogP contribution in [0.3, 0.4) is 0 Å². The summed E-state index contributed by atoms with van der Waals surface area (Å²) in [5.41, 5.74) is 2.09. The van der Waals surface area contributed by atoms with Crippen LogP contribution in [-0.2, 0) is 11.2 Å². The second kappa shape index (κ2) is 6.82. The van der Waals surface area contributed by atoms with Crippen LogP contribution < -0.4 is 0 Å². The number of ether oxygens (including phenoxy) is 1. The Hall–Kier alpha value is -1.45. The molecular formula is C17H23NO2. The van der Waals surface area contributed by atoms with Crippen molar-refractivity contribution >= 4 is 10.9 Å². The average molecular weight is 273 g/mol. The van der Waals surface area contributed by atoms with Gasteiger partial charge in [-0.25, -0.2) is 0 Å². The highest BCUT2D eigenvalue weighted by molar-refractivity contribution is 5.81. The lowest BCUT2D eigenvalue weighted by molar-refractivity contribution is -0.0561. The molecule has 2 unspecified atom stereocenters. The van der Waals surface area contributed by atoms with Crippen LogP contribution in [0.1, 0.15) is 26.3 Å². The minimum Gasteiger partial charge on any atom is -0.390 e. The Morgan fingerprint density at radius 2 is 1.95 bits per heavy atom. The number of para-hydroxylation sites is 1. The largest absolute Gasteiger partial charge is 0.390 e. The Morgan fingerprint density at radius 3 is 2.65 bits per heavy atom. The molecule has 0 aliphatic rings. The quantitative estimate of drug-likeness (QED) is 0.879. The van der Waals surface area contributed by atoms with Gasteiger partial charge in [-0.2, -0.15) is 0 Å². The molecule has 2 aromatic rings. The van der Waals surface area contributed by atoms with Crippen molar-refractivity contribution in [3.05, 3.63) is 42.1 Å². The van der Waals surface area contributed by atoms with Crippen LogP contribution in [0.5, 0.6) is 0 Å². The molecule has 108 valence electrons. The molecule has 0 radical (unpaired) electrons. The van der Waals surface area contributed by atoms with Crippen LogP contribution in [0.4, 0.5) is 0 Å². The molecule has 0 aliphatic carbocycles. The van der Waals surface area contributed by atoms with E-state index in [1.54, 1.807) is 6.20 Å². The number of hydrogen-bond acceptors (Lipinski definition) is 3. The van der Waals surface area contributed by atoms with Crippen LogP contribution in [0.25, 0.3) is 10.9 Å². The van der Waals surface area contributed by atoms with E-state index in [0.717, 1.165) is 16.5 Å². The summed E-state index contributed by atoms with van der Waals surface area (Å²) in [6.45, 7) is 6.74. The first-order chi connectivity index (χ1) is 9.63. The third-order valence-electron chi connectivity index (χ3n) is 3.56. The summed E-state index contributed by atoms with van der Waals surface area (Å²) in [5.74, 6) is 0.290. The molecule has 1 aromatic carbocycles. The lowest BCUT2D eigenvalue weighted by Crippen LogP contribution is -2.35. The maximum atomic E-state index is 10.5. The van der Waals surface area contributed by atoms with E-state index in [-0.39, 0.29) is 12.0 Å². The Balaban J connectivity index is 2.22. The highest BCUT2D eigenvalue weighted by Gasteiger charge is 2.23. The van der Waals surface area contributed by atoms with E-state index in [1.165, 1.54) is 0 Å². The van der Waals surface area contributed by atoms with Crippen molar-refractivity contribution < 1.29 is 9.84 Å². The van der Waals surface area contributed by atoms with E-state index in [4.69, 9.17) is 4.74 Å². The number of pyridine rings is 1. The zero-order valence-electron chi connectivity index (χ0n) is 12.4. The standard InChI is InChI=1S/C17H23NO2/c1-4-20-17(12(2)3)16(19)11-13-9-10-18-15-8-6-5-7-14(13)15/h5-10,12,16-17,19H,4,11H2,1-3H3. The third kappa shape index (κ3) is 3.35. The van der Waals surface area contributed by atoms with Crippen molar-refractivity contribution in [2.45, 2.75) is 39.4 Å².